The average Bonchev–Trinajstić information content (AvgIpc) is 3.10. The van der Waals surface area contributed by atoms with Gasteiger partial charge in [0.1, 0.15) is 19.1 Å². The second kappa shape index (κ2) is 4.58. The van der Waals surface area contributed by atoms with Crippen LogP contribution in [0.5, 0.6) is 6.01 Å². The van der Waals surface area contributed by atoms with Crippen LogP contribution in [0.2, 0.25) is 0 Å². The van der Waals surface area contributed by atoms with Crippen molar-refractivity contribution in [3.63, 3.8) is 0 Å². The van der Waals surface area contributed by atoms with Crippen molar-refractivity contribution >= 4 is 11.9 Å². The van der Waals surface area contributed by atoms with Crippen LogP contribution in [0, 0.1) is 10.1 Å². The predicted octanol–water partition coefficient (Wildman–Crippen LogP) is 0.824. The normalized spacial score (nSPS) is 19.9. The summed E-state index contributed by atoms with van der Waals surface area (Å²) in [7, 11) is 0. The number of imidazole rings is 2. The minimum absolute atomic E-state index is 0.0127. The van der Waals surface area contributed by atoms with Gasteiger partial charge in [0.15, 0.2) is 5.60 Å². The molecule has 2 aromatic rings. The summed E-state index contributed by atoms with van der Waals surface area (Å²) in [4.78, 5) is 29.2. The molecule has 3 rings (SSSR count). The van der Waals surface area contributed by atoms with Gasteiger partial charge in [-0.3, -0.25) is 4.57 Å². The van der Waals surface area contributed by atoms with Crippen LogP contribution in [0.4, 0.5) is 10.6 Å². The van der Waals surface area contributed by atoms with Crippen molar-refractivity contribution in [3.8, 4) is 6.01 Å². The number of aromatic nitrogens is 4. The van der Waals surface area contributed by atoms with Gasteiger partial charge in [-0.25, -0.2) is 14.3 Å². The highest BCUT2D eigenvalue weighted by Crippen LogP contribution is 2.31. The van der Waals surface area contributed by atoms with E-state index in [-0.39, 0.29) is 18.4 Å². The van der Waals surface area contributed by atoms with Crippen molar-refractivity contribution in [1.82, 2.24) is 19.1 Å². The Morgan fingerprint density at radius 3 is 3.10 bits per heavy atom. The molecule has 0 aliphatic carbocycles. The minimum atomic E-state index is -0.812. The zero-order valence-corrected chi connectivity index (χ0v) is 11.0. The number of nitro groups is 1. The molecule has 0 saturated heterocycles. The number of hydrogen-bond donors (Lipinski definition) is 0. The largest absolute Gasteiger partial charge is 0.445 e. The third-order valence-corrected chi connectivity index (χ3v) is 2.97. The van der Waals surface area contributed by atoms with Gasteiger partial charge in [0.05, 0.1) is 6.54 Å². The Morgan fingerprint density at radius 2 is 2.48 bits per heavy atom. The maximum absolute atomic E-state index is 11.7. The molecule has 0 aromatic carbocycles. The molecule has 0 N–H and O–H groups in total. The van der Waals surface area contributed by atoms with Crippen molar-refractivity contribution in [1.29, 1.82) is 0 Å². The Kier molecular flexibility index (Phi) is 2.85. The molecule has 2 aromatic heterocycles. The second-order valence-electron chi connectivity index (χ2n) is 4.84. The molecule has 1 aliphatic heterocycles. The van der Waals surface area contributed by atoms with E-state index in [1.54, 1.807) is 6.92 Å². The first-order valence-corrected chi connectivity index (χ1v) is 6.02. The predicted molar refractivity (Wildman–Crippen MR) is 66.9 cm³/mol. The summed E-state index contributed by atoms with van der Waals surface area (Å²) in [5.74, 6) is -0.275. The quantitative estimate of drug-likeness (QED) is 0.607. The summed E-state index contributed by atoms with van der Waals surface area (Å²) in [6, 6.07) is 0.142. The molecule has 0 bridgehead atoms. The monoisotopic (exact) mass is 293 g/mol. The fourth-order valence-electron chi connectivity index (χ4n) is 2.01. The van der Waals surface area contributed by atoms with Crippen molar-refractivity contribution in [2.24, 2.45) is 0 Å². The summed E-state index contributed by atoms with van der Waals surface area (Å²) >= 11 is 0. The number of fused-ring (bicyclic) bond motifs is 1. The number of hydrogen-bond acceptors (Lipinski definition) is 7. The van der Waals surface area contributed by atoms with E-state index in [2.05, 4.69) is 9.97 Å². The van der Waals surface area contributed by atoms with E-state index in [4.69, 9.17) is 9.47 Å². The molecule has 0 saturated carbocycles. The van der Waals surface area contributed by atoms with E-state index in [1.807, 2.05) is 0 Å². The molecule has 10 nitrogen and oxygen atoms in total. The Hall–Kier alpha value is -2.91. The molecule has 1 aliphatic rings. The minimum Gasteiger partial charge on any atom is -0.445 e. The van der Waals surface area contributed by atoms with Crippen molar-refractivity contribution in [2.45, 2.75) is 19.1 Å². The highest BCUT2D eigenvalue weighted by molar-refractivity contribution is 5.70. The van der Waals surface area contributed by atoms with Crippen LogP contribution in [0.3, 0.4) is 0 Å². The molecule has 10 heteroatoms. The van der Waals surface area contributed by atoms with E-state index in [9.17, 15) is 14.9 Å². The van der Waals surface area contributed by atoms with Gasteiger partial charge in [-0.05, 0) is 11.8 Å². The Balaban J connectivity index is 1.63. The number of rotatable bonds is 3. The third kappa shape index (κ3) is 2.42. The number of carbonyl (C=O) groups is 1. The zero-order chi connectivity index (χ0) is 15.0. The van der Waals surface area contributed by atoms with Gasteiger partial charge in [0.2, 0.25) is 0 Å². The Labute approximate surface area is 118 Å². The molecular formula is C11H11N5O5. The van der Waals surface area contributed by atoms with Crippen LogP contribution in [-0.2, 0) is 11.3 Å². The maximum atomic E-state index is 11.7. The van der Waals surface area contributed by atoms with Gasteiger partial charge in [-0.15, -0.1) is 0 Å². The van der Waals surface area contributed by atoms with Crippen molar-refractivity contribution < 1.29 is 19.2 Å². The lowest BCUT2D eigenvalue weighted by molar-refractivity contribution is -0.389. The molecule has 0 fully saturated rings. The standard InChI is InChI=1S/C11H11N5O5/c1-11(6-20-10(17)14-3-2-12-7-14)5-15-4-8(16(18)19)13-9(15)21-11/h2-4,7H,5-6H2,1H3. The molecule has 0 radical (unpaired) electrons. The summed E-state index contributed by atoms with van der Waals surface area (Å²) in [6.45, 7) is 2.02. The molecule has 1 atom stereocenters. The van der Waals surface area contributed by atoms with E-state index < -0.39 is 16.6 Å². The van der Waals surface area contributed by atoms with Crippen LogP contribution < -0.4 is 4.74 Å². The zero-order valence-electron chi connectivity index (χ0n) is 11.0. The molecule has 0 amide bonds. The van der Waals surface area contributed by atoms with E-state index in [0.717, 1.165) is 0 Å². The Morgan fingerprint density at radius 1 is 1.67 bits per heavy atom. The van der Waals surface area contributed by atoms with Gasteiger partial charge >= 0.3 is 17.9 Å². The molecule has 3 heterocycles. The fourth-order valence-corrected chi connectivity index (χ4v) is 2.01. The van der Waals surface area contributed by atoms with Crippen molar-refractivity contribution in [3.05, 3.63) is 35.0 Å². The van der Waals surface area contributed by atoms with Gasteiger partial charge in [0, 0.05) is 17.4 Å². The number of carbonyl (C=O) groups excluding carboxylic acids is 1. The summed E-state index contributed by atoms with van der Waals surface area (Å²) in [6.07, 6.45) is 4.97. The van der Waals surface area contributed by atoms with Crippen LogP contribution in [0.15, 0.2) is 24.9 Å². The lowest BCUT2D eigenvalue weighted by Crippen LogP contribution is -2.38. The molecular weight excluding hydrogens is 282 g/mol. The summed E-state index contributed by atoms with van der Waals surface area (Å²) in [5, 5.41) is 10.6. The van der Waals surface area contributed by atoms with E-state index in [1.165, 1.54) is 34.1 Å². The van der Waals surface area contributed by atoms with Gasteiger partial charge in [-0.1, -0.05) is 0 Å². The van der Waals surface area contributed by atoms with Crippen LogP contribution in [0.1, 0.15) is 6.92 Å². The second-order valence-corrected chi connectivity index (χ2v) is 4.84. The smallest absolute Gasteiger partial charge is 0.419 e. The van der Waals surface area contributed by atoms with Crippen LogP contribution in [-0.4, -0.2) is 42.3 Å². The van der Waals surface area contributed by atoms with Crippen molar-refractivity contribution in [2.75, 3.05) is 6.61 Å². The van der Waals surface area contributed by atoms with Crippen LogP contribution >= 0.6 is 0 Å². The highest BCUT2D eigenvalue weighted by atomic mass is 16.6. The van der Waals surface area contributed by atoms with Gasteiger partial charge in [-0.2, -0.15) is 0 Å². The first kappa shape index (κ1) is 13.1. The lowest BCUT2D eigenvalue weighted by Gasteiger charge is -2.21. The SMILES string of the molecule is CC1(COC(=O)n2ccnc2)Cn2cc([N+](=O)[O-])nc2O1. The summed E-state index contributed by atoms with van der Waals surface area (Å²) in [5.41, 5.74) is -0.812. The maximum Gasteiger partial charge on any atom is 0.419 e. The average molecular weight is 293 g/mol. The number of ether oxygens (including phenoxy) is 2. The van der Waals surface area contributed by atoms with E-state index >= 15 is 0 Å². The number of nitrogens with zero attached hydrogens (tertiary/aromatic N) is 5. The first-order valence-electron chi connectivity index (χ1n) is 6.02. The van der Waals surface area contributed by atoms with Gasteiger partial charge in [0.25, 0.3) is 0 Å². The summed E-state index contributed by atoms with van der Waals surface area (Å²) < 4.78 is 13.4. The fraction of sp³-hybridized carbons (Fsp3) is 0.364. The molecule has 110 valence electrons. The molecule has 1 unspecified atom stereocenters. The Bertz CT molecular complexity index is 668. The van der Waals surface area contributed by atoms with E-state index in [0.29, 0.717) is 6.54 Å². The third-order valence-electron chi connectivity index (χ3n) is 2.97. The molecule has 0 spiro atoms. The highest BCUT2D eigenvalue weighted by Gasteiger charge is 2.41. The first-order chi connectivity index (χ1) is 9.97. The van der Waals surface area contributed by atoms with Gasteiger partial charge < -0.3 is 19.6 Å². The molecule has 21 heavy (non-hydrogen) atoms. The lowest BCUT2D eigenvalue weighted by atomic mass is 10.1. The van der Waals surface area contributed by atoms with Crippen LogP contribution in [0.25, 0.3) is 0 Å². The topological polar surface area (TPSA) is 114 Å².